The topological polar surface area (TPSA) is 41.4 Å². The molecular weight excluding hydrogens is 355 g/mol. The highest BCUT2D eigenvalue weighted by molar-refractivity contribution is 6.31. The van der Waals surface area contributed by atoms with Gasteiger partial charge in [-0.25, -0.2) is 4.39 Å². The normalized spacial score (nSPS) is 15.5. The van der Waals surface area contributed by atoms with Crippen LogP contribution in [-0.2, 0) is 17.9 Å². The second-order valence-corrected chi connectivity index (χ2v) is 7.12. The SMILES string of the molecule is Cc1nn(CCC(=O)N2CCN(Cc3cccc(F)c3)CC2)c(C)c1Cl. The number of nitrogens with zero attached hydrogens (tertiary/aromatic N) is 4. The summed E-state index contributed by atoms with van der Waals surface area (Å²) < 4.78 is 15.1. The van der Waals surface area contributed by atoms with E-state index in [1.54, 1.807) is 16.8 Å². The van der Waals surface area contributed by atoms with Gasteiger partial charge in [0.05, 0.1) is 23.0 Å². The average Bonchev–Trinajstić information content (AvgIpc) is 2.87. The zero-order chi connectivity index (χ0) is 18.7. The quantitative estimate of drug-likeness (QED) is 0.803. The Labute approximate surface area is 158 Å². The number of benzene rings is 1. The Morgan fingerprint density at radius 1 is 1.23 bits per heavy atom. The number of rotatable bonds is 5. The molecule has 0 radical (unpaired) electrons. The monoisotopic (exact) mass is 378 g/mol. The fourth-order valence-corrected chi connectivity index (χ4v) is 3.44. The molecule has 26 heavy (non-hydrogen) atoms. The van der Waals surface area contributed by atoms with Crippen molar-refractivity contribution in [2.75, 3.05) is 26.2 Å². The van der Waals surface area contributed by atoms with E-state index in [4.69, 9.17) is 11.6 Å². The molecule has 2 heterocycles. The first-order valence-corrected chi connectivity index (χ1v) is 9.26. The molecule has 0 aliphatic carbocycles. The standard InChI is InChI=1S/C19H24ClFN4O/c1-14-19(20)15(2)25(22-14)7-6-18(26)24-10-8-23(9-11-24)13-16-4-3-5-17(21)12-16/h3-5,12H,6-11,13H2,1-2H3. The minimum atomic E-state index is -0.208. The molecule has 1 aromatic heterocycles. The van der Waals surface area contributed by atoms with Gasteiger partial charge in [-0.3, -0.25) is 14.4 Å². The van der Waals surface area contributed by atoms with Crippen molar-refractivity contribution in [1.29, 1.82) is 0 Å². The summed E-state index contributed by atoms with van der Waals surface area (Å²) in [5.41, 5.74) is 2.66. The van der Waals surface area contributed by atoms with Crippen molar-refractivity contribution in [1.82, 2.24) is 19.6 Å². The van der Waals surface area contributed by atoms with Crippen LogP contribution in [0.2, 0.25) is 5.02 Å². The van der Waals surface area contributed by atoms with E-state index in [-0.39, 0.29) is 11.7 Å². The molecule has 0 unspecified atom stereocenters. The van der Waals surface area contributed by atoms with Crippen molar-refractivity contribution in [3.8, 4) is 0 Å². The largest absolute Gasteiger partial charge is 0.340 e. The lowest BCUT2D eigenvalue weighted by atomic mass is 10.2. The number of amides is 1. The van der Waals surface area contributed by atoms with Crippen LogP contribution in [0.15, 0.2) is 24.3 Å². The molecule has 140 valence electrons. The van der Waals surface area contributed by atoms with Crippen molar-refractivity contribution in [2.45, 2.75) is 33.4 Å². The number of carbonyl (C=O) groups excluding carboxylic acids is 1. The van der Waals surface area contributed by atoms with E-state index in [1.807, 2.05) is 24.8 Å². The lowest BCUT2D eigenvalue weighted by Crippen LogP contribution is -2.48. The number of aromatic nitrogens is 2. The van der Waals surface area contributed by atoms with Crippen molar-refractivity contribution in [3.05, 3.63) is 52.1 Å². The summed E-state index contributed by atoms with van der Waals surface area (Å²) in [5.74, 6) is -0.0698. The van der Waals surface area contributed by atoms with E-state index in [0.29, 0.717) is 37.6 Å². The molecule has 1 aliphatic rings. The Hall–Kier alpha value is -1.92. The van der Waals surface area contributed by atoms with Crippen LogP contribution >= 0.6 is 11.6 Å². The van der Waals surface area contributed by atoms with Crippen LogP contribution in [0.1, 0.15) is 23.4 Å². The first kappa shape index (κ1) is 18.9. The van der Waals surface area contributed by atoms with Crippen molar-refractivity contribution in [3.63, 3.8) is 0 Å². The molecule has 1 saturated heterocycles. The third-order valence-corrected chi connectivity index (χ3v) is 5.40. The summed E-state index contributed by atoms with van der Waals surface area (Å²) in [6.07, 6.45) is 0.419. The van der Waals surface area contributed by atoms with Gasteiger partial charge in [0.15, 0.2) is 0 Å². The van der Waals surface area contributed by atoms with E-state index in [0.717, 1.165) is 30.0 Å². The third kappa shape index (κ3) is 4.43. The molecule has 1 aliphatic heterocycles. The first-order chi connectivity index (χ1) is 12.4. The second-order valence-electron chi connectivity index (χ2n) is 6.74. The van der Waals surface area contributed by atoms with Crippen molar-refractivity contribution < 1.29 is 9.18 Å². The summed E-state index contributed by atoms with van der Waals surface area (Å²) >= 11 is 6.15. The second kappa shape index (κ2) is 8.18. The molecule has 1 aromatic carbocycles. The molecule has 1 amide bonds. The molecule has 7 heteroatoms. The zero-order valence-electron chi connectivity index (χ0n) is 15.2. The van der Waals surface area contributed by atoms with E-state index < -0.39 is 0 Å². The highest BCUT2D eigenvalue weighted by atomic mass is 35.5. The maximum atomic E-state index is 13.3. The Morgan fingerprint density at radius 2 is 1.96 bits per heavy atom. The van der Waals surface area contributed by atoms with Crippen molar-refractivity contribution >= 4 is 17.5 Å². The van der Waals surface area contributed by atoms with E-state index in [1.165, 1.54) is 6.07 Å². The average molecular weight is 379 g/mol. The predicted molar refractivity (Wildman–Crippen MR) is 99.6 cm³/mol. The zero-order valence-corrected chi connectivity index (χ0v) is 16.0. The third-order valence-electron chi connectivity index (χ3n) is 4.85. The number of carbonyl (C=O) groups is 1. The summed E-state index contributed by atoms with van der Waals surface area (Å²) in [6, 6.07) is 6.68. The van der Waals surface area contributed by atoms with Crippen molar-refractivity contribution in [2.24, 2.45) is 0 Å². The van der Waals surface area contributed by atoms with E-state index in [9.17, 15) is 9.18 Å². The van der Waals surface area contributed by atoms with Gasteiger partial charge in [-0.05, 0) is 31.5 Å². The van der Waals surface area contributed by atoms with Gasteiger partial charge in [-0.1, -0.05) is 23.7 Å². The van der Waals surface area contributed by atoms with Crippen LogP contribution < -0.4 is 0 Å². The summed E-state index contributed by atoms with van der Waals surface area (Å²) in [6.45, 7) is 8.04. The molecule has 5 nitrogen and oxygen atoms in total. The fraction of sp³-hybridized carbons (Fsp3) is 0.474. The molecule has 0 atom stereocenters. The van der Waals surface area contributed by atoms with Crippen LogP contribution in [0.25, 0.3) is 0 Å². The Bertz CT molecular complexity index is 784. The number of hydrogen-bond donors (Lipinski definition) is 0. The lowest BCUT2D eigenvalue weighted by Gasteiger charge is -2.34. The molecule has 1 fully saturated rings. The number of piperazine rings is 1. The van der Waals surface area contributed by atoms with Crippen LogP contribution in [-0.4, -0.2) is 51.7 Å². The molecular formula is C19H24ClFN4O. The van der Waals surface area contributed by atoms with Gasteiger partial charge in [-0.2, -0.15) is 5.10 Å². The smallest absolute Gasteiger partial charge is 0.224 e. The minimum Gasteiger partial charge on any atom is -0.340 e. The molecule has 3 rings (SSSR count). The molecule has 0 bridgehead atoms. The predicted octanol–water partition coefficient (Wildman–Crippen LogP) is 3.03. The maximum absolute atomic E-state index is 13.3. The molecule has 0 saturated carbocycles. The minimum absolute atomic E-state index is 0.138. The van der Waals surface area contributed by atoms with Gasteiger partial charge in [0.2, 0.25) is 5.91 Å². The molecule has 2 aromatic rings. The Morgan fingerprint density at radius 3 is 2.58 bits per heavy atom. The summed E-state index contributed by atoms with van der Waals surface area (Å²) in [7, 11) is 0. The highest BCUT2D eigenvalue weighted by Crippen LogP contribution is 2.19. The fourth-order valence-electron chi connectivity index (χ4n) is 3.30. The van der Waals surface area contributed by atoms with E-state index in [2.05, 4.69) is 10.00 Å². The van der Waals surface area contributed by atoms with Crippen LogP contribution in [0, 0.1) is 19.7 Å². The Kier molecular flexibility index (Phi) is 5.94. The first-order valence-electron chi connectivity index (χ1n) is 8.88. The molecule has 0 N–H and O–H groups in total. The number of hydrogen-bond acceptors (Lipinski definition) is 3. The van der Waals surface area contributed by atoms with Crippen LogP contribution in [0.4, 0.5) is 4.39 Å². The number of aryl methyl sites for hydroxylation is 2. The van der Waals surface area contributed by atoms with E-state index >= 15 is 0 Å². The summed E-state index contributed by atoms with van der Waals surface area (Å²) in [5, 5.41) is 5.04. The summed E-state index contributed by atoms with van der Waals surface area (Å²) in [4.78, 5) is 16.6. The van der Waals surface area contributed by atoms with Gasteiger partial charge >= 0.3 is 0 Å². The molecule has 0 spiro atoms. The highest BCUT2D eigenvalue weighted by Gasteiger charge is 2.21. The maximum Gasteiger partial charge on any atom is 0.224 e. The lowest BCUT2D eigenvalue weighted by molar-refractivity contribution is -0.133. The van der Waals surface area contributed by atoms with Crippen LogP contribution in [0.5, 0.6) is 0 Å². The van der Waals surface area contributed by atoms with Gasteiger partial charge in [0.1, 0.15) is 5.82 Å². The van der Waals surface area contributed by atoms with Gasteiger partial charge in [0, 0.05) is 39.1 Å². The number of halogens is 2. The van der Waals surface area contributed by atoms with Crippen LogP contribution in [0.3, 0.4) is 0 Å². The van der Waals surface area contributed by atoms with Gasteiger partial charge in [-0.15, -0.1) is 0 Å². The van der Waals surface area contributed by atoms with Gasteiger partial charge < -0.3 is 4.90 Å². The Balaban J connectivity index is 1.46. The van der Waals surface area contributed by atoms with Gasteiger partial charge in [0.25, 0.3) is 0 Å².